The second-order valence-corrected chi connectivity index (χ2v) is 2.72. The topological polar surface area (TPSA) is 12.0 Å². The molecule has 0 spiro atoms. The first-order valence-electron chi connectivity index (χ1n) is 3.46. The van der Waals surface area contributed by atoms with Crippen molar-refractivity contribution in [1.82, 2.24) is 0 Å². The van der Waals surface area contributed by atoms with Gasteiger partial charge in [-0.25, -0.2) is 8.78 Å². The van der Waals surface area contributed by atoms with E-state index in [-0.39, 0.29) is 6.54 Å². The first-order chi connectivity index (χ1) is 5.68. The van der Waals surface area contributed by atoms with Crippen molar-refractivity contribution in [3.8, 4) is 0 Å². The van der Waals surface area contributed by atoms with Gasteiger partial charge in [0.1, 0.15) is 0 Å². The normalized spacial score (nSPS) is 10.3. The quantitative estimate of drug-likeness (QED) is 0.775. The molecule has 1 N–H and O–H groups in total. The van der Waals surface area contributed by atoms with Crippen LogP contribution in [0.2, 0.25) is 5.02 Å². The van der Waals surface area contributed by atoms with E-state index in [0.29, 0.717) is 10.7 Å². The number of alkyl halides is 2. The number of anilines is 1. The lowest BCUT2D eigenvalue weighted by Gasteiger charge is -2.04. The average molecular weight is 192 g/mol. The van der Waals surface area contributed by atoms with Gasteiger partial charge in [-0.3, -0.25) is 0 Å². The van der Waals surface area contributed by atoms with E-state index in [1.807, 2.05) is 0 Å². The minimum Gasteiger partial charge on any atom is -0.379 e. The van der Waals surface area contributed by atoms with Crippen LogP contribution in [0.4, 0.5) is 14.5 Å². The number of hydrogen-bond donors (Lipinski definition) is 1. The minimum atomic E-state index is -2.33. The average Bonchev–Trinajstić information content (AvgIpc) is 2.03. The van der Waals surface area contributed by atoms with Crippen LogP contribution in [0.15, 0.2) is 24.3 Å². The van der Waals surface area contributed by atoms with Gasteiger partial charge in [0.05, 0.1) is 6.54 Å². The summed E-state index contributed by atoms with van der Waals surface area (Å²) >= 11 is 5.60. The van der Waals surface area contributed by atoms with Crippen molar-refractivity contribution in [3.05, 3.63) is 29.3 Å². The number of halogens is 3. The van der Waals surface area contributed by atoms with E-state index in [0.717, 1.165) is 0 Å². The molecular weight excluding hydrogens is 184 g/mol. The van der Waals surface area contributed by atoms with Crippen LogP contribution in [-0.4, -0.2) is 13.0 Å². The molecule has 0 aliphatic heterocycles. The summed E-state index contributed by atoms with van der Waals surface area (Å²) in [5.41, 5.74) is 0.653. The van der Waals surface area contributed by atoms with Crippen LogP contribution >= 0.6 is 11.6 Å². The Labute approximate surface area is 74.3 Å². The van der Waals surface area contributed by atoms with Crippen LogP contribution < -0.4 is 5.32 Å². The molecule has 0 aliphatic rings. The van der Waals surface area contributed by atoms with E-state index in [1.165, 1.54) is 0 Å². The van der Waals surface area contributed by atoms with E-state index < -0.39 is 6.43 Å². The van der Waals surface area contributed by atoms with Crippen molar-refractivity contribution in [1.29, 1.82) is 0 Å². The van der Waals surface area contributed by atoms with Gasteiger partial charge in [-0.2, -0.15) is 0 Å². The Hall–Kier alpha value is -0.830. The second-order valence-electron chi connectivity index (χ2n) is 2.28. The van der Waals surface area contributed by atoms with Crippen molar-refractivity contribution in [2.24, 2.45) is 0 Å². The first kappa shape index (κ1) is 9.26. The third-order valence-corrected chi connectivity index (χ3v) is 1.56. The van der Waals surface area contributed by atoms with Gasteiger partial charge in [0.2, 0.25) is 0 Å². The summed E-state index contributed by atoms with van der Waals surface area (Å²) in [7, 11) is 0. The standard InChI is InChI=1S/C8H8ClF2N/c9-6-1-3-7(4-2-6)12-5-8(10)11/h1-4,8,12H,5H2. The Morgan fingerprint density at radius 3 is 2.33 bits per heavy atom. The van der Waals surface area contributed by atoms with Crippen LogP contribution in [0.1, 0.15) is 0 Å². The molecule has 0 aromatic heterocycles. The predicted molar refractivity (Wildman–Crippen MR) is 45.9 cm³/mol. The largest absolute Gasteiger partial charge is 0.379 e. The van der Waals surface area contributed by atoms with E-state index in [2.05, 4.69) is 5.32 Å². The molecule has 12 heavy (non-hydrogen) atoms. The highest BCUT2D eigenvalue weighted by Gasteiger charge is 2.00. The SMILES string of the molecule is FC(F)CNc1ccc(Cl)cc1. The molecule has 0 atom stereocenters. The Morgan fingerprint density at radius 1 is 1.25 bits per heavy atom. The maximum absolute atomic E-state index is 11.7. The summed E-state index contributed by atoms with van der Waals surface area (Å²) in [4.78, 5) is 0. The maximum atomic E-state index is 11.7. The molecular formula is C8H8ClF2N. The zero-order valence-electron chi connectivity index (χ0n) is 6.23. The number of rotatable bonds is 3. The van der Waals surface area contributed by atoms with Gasteiger partial charge in [-0.05, 0) is 24.3 Å². The molecule has 0 fully saturated rings. The lowest BCUT2D eigenvalue weighted by atomic mass is 10.3. The third kappa shape index (κ3) is 3.05. The van der Waals surface area contributed by atoms with Gasteiger partial charge in [0.25, 0.3) is 6.43 Å². The molecule has 0 heterocycles. The molecule has 0 saturated carbocycles. The summed E-state index contributed by atoms with van der Waals surface area (Å²) in [6.45, 7) is -0.332. The van der Waals surface area contributed by atoms with Crippen LogP contribution in [0.3, 0.4) is 0 Å². The molecule has 1 nitrogen and oxygen atoms in total. The van der Waals surface area contributed by atoms with E-state index in [9.17, 15) is 8.78 Å². The van der Waals surface area contributed by atoms with Crippen LogP contribution in [0, 0.1) is 0 Å². The zero-order chi connectivity index (χ0) is 8.97. The van der Waals surface area contributed by atoms with Gasteiger partial charge >= 0.3 is 0 Å². The van der Waals surface area contributed by atoms with Gasteiger partial charge < -0.3 is 5.32 Å². The minimum absolute atomic E-state index is 0.332. The van der Waals surface area contributed by atoms with Crippen LogP contribution in [0.25, 0.3) is 0 Å². The summed E-state index contributed by atoms with van der Waals surface area (Å²) in [6.07, 6.45) is -2.33. The molecule has 1 aromatic carbocycles. The highest BCUT2D eigenvalue weighted by Crippen LogP contribution is 2.13. The summed E-state index contributed by atoms with van der Waals surface area (Å²) in [6, 6.07) is 6.61. The lowest BCUT2D eigenvalue weighted by molar-refractivity contribution is 0.163. The van der Waals surface area contributed by atoms with E-state index >= 15 is 0 Å². The van der Waals surface area contributed by atoms with Crippen molar-refractivity contribution in [3.63, 3.8) is 0 Å². The molecule has 1 rings (SSSR count). The molecule has 0 aliphatic carbocycles. The van der Waals surface area contributed by atoms with Crippen molar-refractivity contribution in [2.45, 2.75) is 6.43 Å². The number of hydrogen-bond acceptors (Lipinski definition) is 1. The molecule has 66 valence electrons. The molecule has 0 saturated heterocycles. The lowest BCUT2D eigenvalue weighted by Crippen LogP contribution is -2.09. The summed E-state index contributed by atoms with van der Waals surface area (Å²) < 4.78 is 23.4. The Bertz CT molecular complexity index is 235. The van der Waals surface area contributed by atoms with E-state index in [1.54, 1.807) is 24.3 Å². The zero-order valence-corrected chi connectivity index (χ0v) is 6.98. The maximum Gasteiger partial charge on any atom is 0.255 e. The monoisotopic (exact) mass is 191 g/mol. The van der Waals surface area contributed by atoms with Crippen molar-refractivity contribution >= 4 is 17.3 Å². The second kappa shape index (κ2) is 4.26. The highest BCUT2D eigenvalue weighted by molar-refractivity contribution is 6.30. The van der Waals surface area contributed by atoms with Crippen LogP contribution in [0.5, 0.6) is 0 Å². The van der Waals surface area contributed by atoms with Gasteiger partial charge in [0.15, 0.2) is 0 Å². The summed E-state index contributed by atoms with van der Waals surface area (Å²) in [5, 5.41) is 3.16. The Kier molecular flexibility index (Phi) is 3.29. The van der Waals surface area contributed by atoms with E-state index in [4.69, 9.17) is 11.6 Å². The van der Waals surface area contributed by atoms with Crippen molar-refractivity contribution < 1.29 is 8.78 Å². The molecule has 0 bridgehead atoms. The van der Waals surface area contributed by atoms with Crippen molar-refractivity contribution in [2.75, 3.05) is 11.9 Å². The fraction of sp³-hybridized carbons (Fsp3) is 0.250. The first-order valence-corrected chi connectivity index (χ1v) is 3.84. The molecule has 4 heteroatoms. The predicted octanol–water partition coefficient (Wildman–Crippen LogP) is 3.02. The number of nitrogens with one attached hydrogen (secondary N) is 1. The third-order valence-electron chi connectivity index (χ3n) is 1.30. The fourth-order valence-corrected chi connectivity index (χ4v) is 0.889. The molecule has 0 radical (unpaired) electrons. The fourth-order valence-electron chi connectivity index (χ4n) is 0.763. The number of benzene rings is 1. The molecule has 1 aromatic rings. The van der Waals surface area contributed by atoms with Gasteiger partial charge in [-0.1, -0.05) is 11.6 Å². The molecule has 0 amide bonds. The molecule has 0 unspecified atom stereocenters. The smallest absolute Gasteiger partial charge is 0.255 e. The highest BCUT2D eigenvalue weighted by atomic mass is 35.5. The van der Waals surface area contributed by atoms with Gasteiger partial charge in [0, 0.05) is 10.7 Å². The summed E-state index contributed by atoms with van der Waals surface area (Å²) in [5.74, 6) is 0. The Balaban J connectivity index is 2.48. The van der Waals surface area contributed by atoms with Gasteiger partial charge in [-0.15, -0.1) is 0 Å². The Morgan fingerprint density at radius 2 is 1.83 bits per heavy atom. The van der Waals surface area contributed by atoms with Crippen LogP contribution in [-0.2, 0) is 0 Å².